The number of nitrogen functional groups attached to an aromatic ring is 1. The molecule has 0 aliphatic carbocycles. The van der Waals surface area contributed by atoms with Crippen molar-refractivity contribution in [3.63, 3.8) is 0 Å². The number of aryl methyl sites for hydroxylation is 2. The summed E-state index contributed by atoms with van der Waals surface area (Å²) in [6.45, 7) is 3.58. The first-order valence-corrected chi connectivity index (χ1v) is 6.00. The number of benzene rings is 1. The molecule has 5 nitrogen and oxygen atoms in total. The van der Waals surface area contributed by atoms with Crippen LogP contribution in [0.5, 0.6) is 5.75 Å². The van der Waals surface area contributed by atoms with E-state index in [-0.39, 0.29) is 18.1 Å². The number of furan rings is 1. The Morgan fingerprint density at radius 2 is 2.15 bits per heavy atom. The molecule has 6 heteroatoms. The van der Waals surface area contributed by atoms with Gasteiger partial charge in [-0.1, -0.05) is 6.07 Å². The van der Waals surface area contributed by atoms with Gasteiger partial charge in [-0.25, -0.2) is 10.2 Å². The fourth-order valence-corrected chi connectivity index (χ4v) is 1.78. The predicted octanol–water partition coefficient (Wildman–Crippen LogP) is 2.22. The molecule has 0 aliphatic rings. The summed E-state index contributed by atoms with van der Waals surface area (Å²) in [5.41, 5.74) is 3.52. The van der Waals surface area contributed by atoms with Crippen LogP contribution in [-0.4, -0.2) is 5.91 Å². The van der Waals surface area contributed by atoms with E-state index in [0.717, 1.165) is 5.56 Å². The highest BCUT2D eigenvalue weighted by molar-refractivity contribution is 5.92. The Hall–Kier alpha value is -2.34. The van der Waals surface area contributed by atoms with Crippen LogP contribution in [0.25, 0.3) is 0 Å². The zero-order valence-electron chi connectivity index (χ0n) is 11.2. The molecule has 0 bridgehead atoms. The third-order valence-electron chi connectivity index (χ3n) is 2.76. The van der Waals surface area contributed by atoms with E-state index >= 15 is 0 Å². The highest BCUT2D eigenvalue weighted by Crippen LogP contribution is 2.21. The molecule has 0 saturated carbocycles. The molecule has 3 N–H and O–H groups in total. The van der Waals surface area contributed by atoms with Crippen molar-refractivity contribution in [1.82, 2.24) is 5.43 Å². The summed E-state index contributed by atoms with van der Waals surface area (Å²) in [4.78, 5) is 11.4. The van der Waals surface area contributed by atoms with Gasteiger partial charge in [0.1, 0.15) is 12.4 Å². The maximum absolute atomic E-state index is 13.5. The van der Waals surface area contributed by atoms with Crippen molar-refractivity contribution in [2.24, 2.45) is 5.84 Å². The quantitative estimate of drug-likeness (QED) is 0.510. The standard InChI is InChI=1S/C14H15FN2O3/c1-8-3-4-11(15)12(5-8)19-7-10-6-9(2)13(20-10)14(18)17-16/h3-6H,7,16H2,1-2H3,(H,17,18). The van der Waals surface area contributed by atoms with Crippen molar-refractivity contribution in [2.75, 3.05) is 0 Å². The van der Waals surface area contributed by atoms with Gasteiger partial charge in [-0.15, -0.1) is 0 Å². The van der Waals surface area contributed by atoms with Gasteiger partial charge in [0.15, 0.2) is 17.3 Å². The number of halogens is 1. The second-order valence-electron chi connectivity index (χ2n) is 4.42. The topological polar surface area (TPSA) is 77.5 Å². The molecule has 0 unspecified atom stereocenters. The smallest absolute Gasteiger partial charge is 0.301 e. The number of carbonyl (C=O) groups excluding carboxylic acids is 1. The molecule has 1 heterocycles. The van der Waals surface area contributed by atoms with Crippen molar-refractivity contribution in [3.05, 3.63) is 52.7 Å². The molecule has 1 amide bonds. The van der Waals surface area contributed by atoms with Gasteiger partial charge in [0, 0.05) is 5.56 Å². The van der Waals surface area contributed by atoms with E-state index in [2.05, 4.69) is 0 Å². The summed E-state index contributed by atoms with van der Waals surface area (Å²) in [6.07, 6.45) is 0. The fourth-order valence-electron chi connectivity index (χ4n) is 1.78. The summed E-state index contributed by atoms with van der Waals surface area (Å²) in [5, 5.41) is 0. The third-order valence-corrected chi connectivity index (χ3v) is 2.76. The van der Waals surface area contributed by atoms with Crippen LogP contribution in [0, 0.1) is 19.7 Å². The minimum Gasteiger partial charge on any atom is -0.483 e. The summed E-state index contributed by atoms with van der Waals surface area (Å²) >= 11 is 0. The zero-order chi connectivity index (χ0) is 14.7. The number of ether oxygens (including phenoxy) is 1. The molecule has 2 aromatic rings. The first-order chi connectivity index (χ1) is 9.51. The Labute approximate surface area is 115 Å². The van der Waals surface area contributed by atoms with E-state index in [1.165, 1.54) is 6.07 Å². The van der Waals surface area contributed by atoms with Crippen LogP contribution in [0.15, 0.2) is 28.7 Å². The SMILES string of the molecule is Cc1ccc(F)c(OCc2cc(C)c(C(=O)NN)o2)c1. The molecule has 1 aromatic heterocycles. The highest BCUT2D eigenvalue weighted by atomic mass is 19.1. The minimum absolute atomic E-state index is 0.0268. The van der Waals surface area contributed by atoms with Crippen LogP contribution in [0.3, 0.4) is 0 Å². The number of amides is 1. The lowest BCUT2D eigenvalue weighted by Crippen LogP contribution is -2.30. The fraction of sp³-hybridized carbons (Fsp3) is 0.214. The van der Waals surface area contributed by atoms with Gasteiger partial charge in [-0.3, -0.25) is 10.2 Å². The van der Waals surface area contributed by atoms with Gasteiger partial charge in [-0.05, 0) is 37.6 Å². The van der Waals surface area contributed by atoms with E-state index in [4.69, 9.17) is 15.0 Å². The molecule has 0 radical (unpaired) electrons. The number of nitrogens with two attached hydrogens (primary N) is 1. The van der Waals surface area contributed by atoms with Crippen LogP contribution in [0.1, 0.15) is 27.4 Å². The van der Waals surface area contributed by atoms with Crippen LogP contribution in [0.4, 0.5) is 4.39 Å². The Kier molecular flexibility index (Phi) is 4.05. The Morgan fingerprint density at radius 3 is 2.85 bits per heavy atom. The van der Waals surface area contributed by atoms with Crippen LogP contribution < -0.4 is 16.0 Å². The summed E-state index contributed by atoms with van der Waals surface area (Å²) < 4.78 is 24.2. The summed E-state index contributed by atoms with van der Waals surface area (Å²) in [5.74, 6) is 4.76. The van der Waals surface area contributed by atoms with Crippen molar-refractivity contribution >= 4 is 5.91 Å². The summed E-state index contributed by atoms with van der Waals surface area (Å²) in [6, 6.07) is 6.24. The van der Waals surface area contributed by atoms with Crippen molar-refractivity contribution < 1.29 is 18.3 Å². The second kappa shape index (κ2) is 5.75. The second-order valence-corrected chi connectivity index (χ2v) is 4.42. The molecular formula is C14H15FN2O3. The summed E-state index contributed by atoms with van der Waals surface area (Å²) in [7, 11) is 0. The first-order valence-electron chi connectivity index (χ1n) is 6.00. The number of carbonyl (C=O) groups is 1. The first kappa shape index (κ1) is 14.1. The predicted molar refractivity (Wildman–Crippen MR) is 70.6 cm³/mol. The third kappa shape index (κ3) is 2.97. The van der Waals surface area contributed by atoms with Crippen molar-refractivity contribution in [1.29, 1.82) is 0 Å². The number of hydrogen-bond acceptors (Lipinski definition) is 4. The molecule has 1 aromatic carbocycles. The maximum atomic E-state index is 13.5. The maximum Gasteiger partial charge on any atom is 0.301 e. The van der Waals surface area contributed by atoms with E-state index < -0.39 is 11.7 Å². The molecule has 0 aliphatic heterocycles. The van der Waals surface area contributed by atoms with Gasteiger partial charge < -0.3 is 9.15 Å². The lowest BCUT2D eigenvalue weighted by atomic mass is 10.2. The van der Waals surface area contributed by atoms with Crippen LogP contribution in [0.2, 0.25) is 0 Å². The molecule has 2 rings (SSSR count). The Bertz CT molecular complexity index is 637. The molecule has 20 heavy (non-hydrogen) atoms. The van der Waals surface area contributed by atoms with E-state index in [9.17, 15) is 9.18 Å². The van der Waals surface area contributed by atoms with Gasteiger partial charge in [0.25, 0.3) is 0 Å². The van der Waals surface area contributed by atoms with E-state index in [1.807, 2.05) is 12.3 Å². The van der Waals surface area contributed by atoms with Gasteiger partial charge in [0.2, 0.25) is 0 Å². The largest absolute Gasteiger partial charge is 0.483 e. The van der Waals surface area contributed by atoms with Crippen molar-refractivity contribution in [2.45, 2.75) is 20.5 Å². The number of hydrogen-bond donors (Lipinski definition) is 2. The molecule has 106 valence electrons. The molecular weight excluding hydrogens is 263 g/mol. The van der Waals surface area contributed by atoms with E-state index in [1.54, 1.807) is 25.1 Å². The van der Waals surface area contributed by atoms with Gasteiger partial charge in [0.05, 0.1) is 0 Å². The molecule has 0 atom stereocenters. The lowest BCUT2D eigenvalue weighted by molar-refractivity contribution is 0.0921. The number of rotatable bonds is 4. The average molecular weight is 278 g/mol. The minimum atomic E-state index is -0.518. The lowest BCUT2D eigenvalue weighted by Gasteiger charge is -2.06. The number of nitrogens with one attached hydrogen (secondary N) is 1. The Morgan fingerprint density at radius 1 is 1.40 bits per heavy atom. The molecule has 0 saturated heterocycles. The highest BCUT2D eigenvalue weighted by Gasteiger charge is 2.15. The Balaban J connectivity index is 2.11. The molecule has 0 spiro atoms. The molecule has 0 fully saturated rings. The zero-order valence-corrected chi connectivity index (χ0v) is 11.2. The van der Waals surface area contributed by atoms with Crippen LogP contribution >= 0.6 is 0 Å². The van der Waals surface area contributed by atoms with Crippen molar-refractivity contribution in [3.8, 4) is 5.75 Å². The monoisotopic (exact) mass is 278 g/mol. The number of hydrazine groups is 1. The average Bonchev–Trinajstić information content (AvgIpc) is 2.80. The van der Waals surface area contributed by atoms with E-state index in [0.29, 0.717) is 11.3 Å². The van der Waals surface area contributed by atoms with Gasteiger partial charge in [-0.2, -0.15) is 0 Å². The normalized spacial score (nSPS) is 10.4. The van der Waals surface area contributed by atoms with Crippen LogP contribution in [-0.2, 0) is 6.61 Å². The van der Waals surface area contributed by atoms with Gasteiger partial charge >= 0.3 is 5.91 Å².